The van der Waals surface area contributed by atoms with Crippen molar-refractivity contribution in [3.63, 3.8) is 0 Å². The fourth-order valence-electron chi connectivity index (χ4n) is 6.29. The molecule has 4 fully saturated rings. The van der Waals surface area contributed by atoms with Crippen molar-refractivity contribution >= 4 is 58.3 Å². The summed E-state index contributed by atoms with van der Waals surface area (Å²) in [5, 5.41) is 2.96. The Bertz CT molecular complexity index is 1350. The number of anilines is 1. The molecule has 3 heterocycles. The van der Waals surface area contributed by atoms with Crippen LogP contribution in [0, 0.1) is 11.3 Å². The lowest BCUT2D eigenvalue weighted by molar-refractivity contribution is -0.154. The molecular weight excluding hydrogens is 627 g/mol. The molecule has 1 N–H and O–H groups in total. The maximum Gasteiger partial charge on any atom is 0.410 e. The second-order valence-corrected chi connectivity index (χ2v) is 11.7. The Morgan fingerprint density at radius 2 is 1.85 bits per heavy atom. The normalized spacial score (nSPS) is 28.3. The smallest absolute Gasteiger partial charge is 0.410 e. The number of benzene rings is 2. The molecule has 0 unspecified atom stereocenters. The monoisotopic (exact) mass is 658 g/mol. The predicted molar refractivity (Wildman–Crippen MR) is 155 cm³/mol. The second-order valence-electron chi connectivity index (χ2n) is 10.4. The summed E-state index contributed by atoms with van der Waals surface area (Å²) in [6.07, 6.45) is 3.58. The van der Waals surface area contributed by atoms with Crippen LogP contribution in [0.5, 0.6) is 0 Å². The van der Waals surface area contributed by atoms with Crippen molar-refractivity contribution in [1.82, 2.24) is 4.90 Å². The highest BCUT2D eigenvalue weighted by Crippen LogP contribution is 2.62. The van der Waals surface area contributed by atoms with Gasteiger partial charge in [0, 0.05) is 19.2 Å². The van der Waals surface area contributed by atoms with Crippen LogP contribution in [0.2, 0.25) is 0 Å². The van der Waals surface area contributed by atoms with Gasteiger partial charge in [-0.05, 0) is 42.0 Å². The Hall–Kier alpha value is -3.41. The zero-order valence-corrected chi connectivity index (χ0v) is 24.5. The van der Waals surface area contributed by atoms with Crippen LogP contribution in [0.1, 0.15) is 37.8 Å². The molecule has 4 aliphatic rings. The maximum atomic E-state index is 14.1. The SMILES string of the molecule is CC[C@@]12OC(=O)[C@]3(C(=O)Nc4ccccc4/C=C\COC(C)=O)C[C@@H](CN(C(=O)OCc4ccccc4)[C@@H]31)[C@H]2I. The first-order chi connectivity index (χ1) is 19.2. The van der Waals surface area contributed by atoms with Crippen LogP contribution in [0.15, 0.2) is 60.7 Å². The van der Waals surface area contributed by atoms with Crippen LogP contribution >= 0.6 is 22.6 Å². The number of esters is 2. The molecular formula is C30H31IN2O7. The summed E-state index contributed by atoms with van der Waals surface area (Å²) in [5.41, 5.74) is -0.546. The first-order valence-electron chi connectivity index (χ1n) is 13.3. The Morgan fingerprint density at radius 1 is 1.12 bits per heavy atom. The number of hydrogen-bond acceptors (Lipinski definition) is 7. The summed E-state index contributed by atoms with van der Waals surface area (Å²) in [6.45, 7) is 3.81. The van der Waals surface area contributed by atoms with Crippen LogP contribution in [-0.2, 0) is 35.2 Å². The van der Waals surface area contributed by atoms with E-state index in [0.29, 0.717) is 24.2 Å². The van der Waals surface area contributed by atoms with Gasteiger partial charge in [0.2, 0.25) is 5.91 Å². The van der Waals surface area contributed by atoms with E-state index in [-0.39, 0.29) is 29.5 Å². The minimum Gasteiger partial charge on any atom is -0.462 e. The number of alkyl halides is 1. The number of rotatable bonds is 8. The Labute approximate surface area is 246 Å². The number of fused-ring (bicyclic) bond motifs is 1. The van der Waals surface area contributed by atoms with Crippen LogP contribution < -0.4 is 5.32 Å². The average molecular weight is 658 g/mol. The van der Waals surface area contributed by atoms with E-state index in [2.05, 4.69) is 27.9 Å². The lowest BCUT2D eigenvalue weighted by Crippen LogP contribution is -2.74. The number of piperidine rings is 2. The molecule has 5 atom stereocenters. The maximum absolute atomic E-state index is 14.1. The molecule has 2 aromatic carbocycles. The molecule has 1 saturated carbocycles. The van der Waals surface area contributed by atoms with E-state index >= 15 is 0 Å². The first-order valence-corrected chi connectivity index (χ1v) is 14.5. The molecule has 3 saturated heterocycles. The molecule has 9 nitrogen and oxygen atoms in total. The highest BCUT2D eigenvalue weighted by molar-refractivity contribution is 14.1. The zero-order chi connectivity index (χ0) is 28.5. The van der Waals surface area contributed by atoms with Gasteiger partial charge in [-0.3, -0.25) is 19.3 Å². The van der Waals surface area contributed by atoms with Crippen LogP contribution in [0.3, 0.4) is 0 Å². The van der Waals surface area contributed by atoms with Gasteiger partial charge in [0.1, 0.15) is 24.9 Å². The molecule has 1 aliphatic carbocycles. The van der Waals surface area contributed by atoms with Crippen molar-refractivity contribution in [3.05, 3.63) is 71.8 Å². The van der Waals surface area contributed by atoms with Gasteiger partial charge in [-0.15, -0.1) is 0 Å². The predicted octanol–water partition coefficient (Wildman–Crippen LogP) is 4.74. The number of amides is 2. The summed E-state index contributed by atoms with van der Waals surface area (Å²) in [7, 11) is 0. The summed E-state index contributed by atoms with van der Waals surface area (Å²) >= 11 is 2.31. The third kappa shape index (κ3) is 4.76. The fraction of sp³-hybridized carbons (Fsp3) is 0.400. The molecule has 0 radical (unpaired) electrons. The summed E-state index contributed by atoms with van der Waals surface area (Å²) < 4.78 is 16.7. The topological polar surface area (TPSA) is 111 Å². The molecule has 2 amide bonds. The number of carbonyl (C=O) groups is 4. The van der Waals surface area contributed by atoms with Gasteiger partial charge < -0.3 is 19.5 Å². The van der Waals surface area contributed by atoms with Crippen molar-refractivity contribution < 1.29 is 33.4 Å². The first kappa shape index (κ1) is 28.1. The zero-order valence-electron chi connectivity index (χ0n) is 22.3. The number of nitrogens with one attached hydrogen (secondary N) is 1. The number of para-hydroxylation sites is 1. The van der Waals surface area contributed by atoms with Gasteiger partial charge in [-0.2, -0.15) is 0 Å². The van der Waals surface area contributed by atoms with E-state index < -0.39 is 41.0 Å². The van der Waals surface area contributed by atoms with Gasteiger partial charge in [0.05, 0.1) is 3.92 Å². The van der Waals surface area contributed by atoms with E-state index in [0.717, 1.165) is 5.56 Å². The van der Waals surface area contributed by atoms with Gasteiger partial charge in [0.25, 0.3) is 0 Å². The van der Waals surface area contributed by atoms with E-state index in [4.69, 9.17) is 14.2 Å². The molecule has 0 spiro atoms. The highest BCUT2D eigenvalue weighted by atomic mass is 127. The average Bonchev–Trinajstić information content (AvgIpc) is 3.20. The van der Waals surface area contributed by atoms with Crippen molar-refractivity contribution in [1.29, 1.82) is 0 Å². The minimum atomic E-state index is -1.57. The minimum absolute atomic E-state index is 0.0536. The Balaban J connectivity index is 1.44. The van der Waals surface area contributed by atoms with Crippen molar-refractivity contribution in [2.24, 2.45) is 11.3 Å². The Morgan fingerprint density at radius 3 is 2.58 bits per heavy atom. The summed E-state index contributed by atoms with van der Waals surface area (Å²) in [4.78, 5) is 53.9. The van der Waals surface area contributed by atoms with E-state index in [1.165, 1.54) is 6.92 Å². The standard InChI is InChI=1S/C30H31IN2O7/c1-3-30-24(31)22-16-29(27(36)40-30,25(30)33(17-22)28(37)39-18-20-10-5-4-6-11-20)26(35)32-23-14-8-7-12-21(23)13-9-15-38-19(2)34/h4-14,22,24-25H,3,15-18H2,1-2H3,(H,32,35)/b13-9-/t22-,24+,25-,29+,30-/m0/s1. The number of nitrogens with zero attached hydrogens (tertiary/aromatic N) is 1. The quantitative estimate of drug-likeness (QED) is 0.144. The molecule has 40 heavy (non-hydrogen) atoms. The molecule has 4 bridgehead atoms. The van der Waals surface area contributed by atoms with Crippen LogP contribution in [-0.4, -0.2) is 57.6 Å². The van der Waals surface area contributed by atoms with Crippen LogP contribution in [0.25, 0.3) is 6.08 Å². The van der Waals surface area contributed by atoms with Gasteiger partial charge in [0.15, 0.2) is 5.41 Å². The molecule has 210 valence electrons. The number of ether oxygens (including phenoxy) is 3. The number of hydrogen-bond donors (Lipinski definition) is 1. The van der Waals surface area contributed by atoms with Crippen molar-refractivity contribution in [3.8, 4) is 0 Å². The summed E-state index contributed by atoms with van der Waals surface area (Å²) in [6, 6.07) is 15.7. The van der Waals surface area contributed by atoms with Gasteiger partial charge in [-0.25, -0.2) is 4.79 Å². The molecule has 0 aromatic heterocycles. The largest absolute Gasteiger partial charge is 0.462 e. The Kier molecular flexibility index (Phi) is 7.89. The molecule has 3 aliphatic heterocycles. The van der Waals surface area contributed by atoms with E-state index in [1.807, 2.05) is 49.4 Å². The lowest BCUT2D eigenvalue weighted by Gasteiger charge is -2.57. The third-order valence-electron chi connectivity index (χ3n) is 8.07. The van der Waals surface area contributed by atoms with E-state index in [9.17, 15) is 19.2 Å². The summed E-state index contributed by atoms with van der Waals surface area (Å²) in [5.74, 6) is -1.64. The highest BCUT2D eigenvalue weighted by Gasteiger charge is 2.79. The number of carbonyl (C=O) groups excluding carboxylic acids is 4. The molecule has 6 rings (SSSR count). The fourth-order valence-corrected chi connectivity index (χ4v) is 7.68. The van der Waals surface area contributed by atoms with Crippen LogP contribution in [0.4, 0.5) is 10.5 Å². The molecule has 2 aromatic rings. The van der Waals surface area contributed by atoms with Crippen molar-refractivity contribution in [2.75, 3.05) is 18.5 Å². The third-order valence-corrected chi connectivity index (χ3v) is 10.1. The van der Waals surface area contributed by atoms with Gasteiger partial charge in [-0.1, -0.05) is 84.1 Å². The second kappa shape index (κ2) is 11.2. The van der Waals surface area contributed by atoms with Gasteiger partial charge >= 0.3 is 18.0 Å². The molecule has 10 heteroatoms. The van der Waals surface area contributed by atoms with E-state index in [1.54, 1.807) is 29.2 Å². The lowest BCUT2D eigenvalue weighted by atomic mass is 9.57. The number of halogens is 1. The van der Waals surface area contributed by atoms with Crippen molar-refractivity contribution in [2.45, 2.75) is 48.9 Å².